The molecule has 0 aromatic carbocycles. The summed E-state index contributed by atoms with van der Waals surface area (Å²) in [4.78, 5) is 1.39. The third-order valence-corrected chi connectivity index (χ3v) is 4.27. The lowest BCUT2D eigenvalue weighted by Crippen LogP contribution is -2.53. The lowest BCUT2D eigenvalue weighted by atomic mass is 9.77. The van der Waals surface area contributed by atoms with Crippen LogP contribution < -0.4 is 5.32 Å². The van der Waals surface area contributed by atoms with E-state index in [1.54, 1.807) is 11.3 Å². The van der Waals surface area contributed by atoms with Gasteiger partial charge in [0.05, 0.1) is 25.2 Å². The van der Waals surface area contributed by atoms with Gasteiger partial charge in [-0.2, -0.15) is 0 Å². The van der Waals surface area contributed by atoms with Crippen LogP contribution in [0.5, 0.6) is 0 Å². The molecular weight excluding hydrogens is 210 g/mol. The number of nitrogens with one attached hydrogen (secondary N) is 1. The number of likely N-dealkylation sites (N-methyl/N-ethyl adjacent to an activating group) is 1. The zero-order valence-electron chi connectivity index (χ0n) is 8.79. The van der Waals surface area contributed by atoms with Gasteiger partial charge in [0.1, 0.15) is 6.10 Å². The van der Waals surface area contributed by atoms with Crippen molar-refractivity contribution in [1.29, 1.82) is 0 Å². The quantitative estimate of drug-likeness (QED) is 0.823. The van der Waals surface area contributed by atoms with Gasteiger partial charge in [-0.3, -0.25) is 0 Å². The Hall–Kier alpha value is -0.420. The molecule has 1 aromatic heterocycles. The minimum absolute atomic E-state index is 0.180. The van der Waals surface area contributed by atoms with Crippen molar-refractivity contribution >= 4 is 11.3 Å². The number of rotatable bonds is 2. The summed E-state index contributed by atoms with van der Waals surface area (Å²) >= 11 is 1.80. The van der Waals surface area contributed by atoms with Crippen molar-refractivity contribution in [3.8, 4) is 0 Å². The molecule has 0 saturated carbocycles. The first kappa shape index (κ1) is 9.78. The lowest BCUT2D eigenvalue weighted by molar-refractivity contribution is -0.124. The summed E-state index contributed by atoms with van der Waals surface area (Å²) in [6.07, 6.45) is 0.233. The van der Waals surface area contributed by atoms with Crippen molar-refractivity contribution in [3.05, 3.63) is 21.9 Å². The van der Waals surface area contributed by atoms with E-state index in [1.807, 2.05) is 7.05 Å². The molecule has 1 saturated heterocycles. The molecule has 3 heterocycles. The summed E-state index contributed by atoms with van der Waals surface area (Å²) in [5, 5.41) is 5.35. The number of fused-ring (bicyclic) bond motifs is 2. The van der Waals surface area contributed by atoms with Crippen molar-refractivity contribution in [2.75, 3.05) is 33.4 Å². The largest absolute Gasteiger partial charge is 0.379 e. The second kappa shape index (κ2) is 3.56. The first-order valence-electron chi connectivity index (χ1n) is 5.27. The molecule has 3 rings (SSSR count). The minimum Gasteiger partial charge on any atom is -0.379 e. The molecule has 2 aliphatic rings. The molecule has 0 radical (unpaired) electrons. The van der Waals surface area contributed by atoms with Crippen LogP contribution in [0.25, 0.3) is 0 Å². The monoisotopic (exact) mass is 225 g/mol. The number of ether oxygens (including phenoxy) is 2. The molecule has 0 unspecified atom stereocenters. The fraction of sp³-hybridized carbons (Fsp3) is 0.636. The van der Waals surface area contributed by atoms with E-state index in [1.165, 1.54) is 10.4 Å². The van der Waals surface area contributed by atoms with Gasteiger partial charge in [0.2, 0.25) is 0 Å². The molecule has 15 heavy (non-hydrogen) atoms. The molecule has 1 aromatic rings. The summed E-state index contributed by atoms with van der Waals surface area (Å²) < 4.78 is 11.3. The highest BCUT2D eigenvalue weighted by atomic mass is 32.1. The first-order valence-corrected chi connectivity index (χ1v) is 6.15. The smallest absolute Gasteiger partial charge is 0.104 e. The molecule has 1 spiro atoms. The van der Waals surface area contributed by atoms with E-state index in [4.69, 9.17) is 9.47 Å². The lowest BCUT2D eigenvalue weighted by Gasteiger charge is -2.45. The Morgan fingerprint density at radius 3 is 3.07 bits per heavy atom. The summed E-state index contributed by atoms with van der Waals surface area (Å²) in [5.74, 6) is 0. The fourth-order valence-corrected chi connectivity index (χ4v) is 3.41. The van der Waals surface area contributed by atoms with Crippen LogP contribution in [0.15, 0.2) is 11.4 Å². The van der Waals surface area contributed by atoms with Crippen LogP contribution in [0, 0.1) is 0 Å². The molecule has 1 fully saturated rings. The van der Waals surface area contributed by atoms with E-state index >= 15 is 0 Å². The topological polar surface area (TPSA) is 30.5 Å². The fourth-order valence-electron chi connectivity index (χ4n) is 2.35. The summed E-state index contributed by atoms with van der Waals surface area (Å²) in [7, 11) is 1.97. The second-order valence-electron chi connectivity index (χ2n) is 4.33. The molecule has 4 heteroatoms. The SMILES string of the molecule is CNC[C@H]1OCC2(COC2)c2ccsc21. The Labute approximate surface area is 93.4 Å². The molecule has 2 aliphatic heterocycles. The van der Waals surface area contributed by atoms with Gasteiger partial charge in [-0.15, -0.1) is 11.3 Å². The zero-order chi connectivity index (χ0) is 10.3. The number of hydrogen-bond donors (Lipinski definition) is 1. The Bertz CT molecular complexity index is 359. The normalized spacial score (nSPS) is 27.4. The highest BCUT2D eigenvalue weighted by Gasteiger charge is 2.46. The zero-order valence-corrected chi connectivity index (χ0v) is 9.60. The highest BCUT2D eigenvalue weighted by molar-refractivity contribution is 7.10. The third-order valence-electron chi connectivity index (χ3n) is 3.27. The van der Waals surface area contributed by atoms with Crippen LogP contribution in [0.2, 0.25) is 0 Å². The molecule has 0 amide bonds. The molecule has 0 bridgehead atoms. The maximum absolute atomic E-state index is 5.93. The predicted octanol–water partition coefficient (Wildman–Crippen LogP) is 1.31. The molecule has 1 N–H and O–H groups in total. The van der Waals surface area contributed by atoms with Crippen molar-refractivity contribution in [2.45, 2.75) is 11.5 Å². The van der Waals surface area contributed by atoms with Crippen molar-refractivity contribution in [3.63, 3.8) is 0 Å². The van der Waals surface area contributed by atoms with Gasteiger partial charge in [-0.1, -0.05) is 0 Å². The Morgan fingerprint density at radius 1 is 1.53 bits per heavy atom. The van der Waals surface area contributed by atoms with Crippen LogP contribution in [0.3, 0.4) is 0 Å². The molecule has 3 nitrogen and oxygen atoms in total. The number of hydrogen-bond acceptors (Lipinski definition) is 4. The van der Waals surface area contributed by atoms with Gasteiger partial charge in [-0.25, -0.2) is 0 Å². The van der Waals surface area contributed by atoms with Crippen LogP contribution in [0.4, 0.5) is 0 Å². The molecule has 1 atom stereocenters. The van der Waals surface area contributed by atoms with Crippen LogP contribution in [-0.4, -0.2) is 33.4 Å². The standard InChI is InChI=1S/C11H15NO2S/c1-12-4-9-10-8(2-3-15-10)11(7-14-9)5-13-6-11/h2-3,9,12H,4-7H2,1H3/t9-/m1/s1. The van der Waals surface area contributed by atoms with Gasteiger partial charge in [0.25, 0.3) is 0 Å². The third kappa shape index (κ3) is 1.36. The molecule has 82 valence electrons. The van der Waals surface area contributed by atoms with E-state index in [2.05, 4.69) is 16.8 Å². The van der Waals surface area contributed by atoms with E-state index in [0.717, 1.165) is 26.4 Å². The van der Waals surface area contributed by atoms with Crippen molar-refractivity contribution in [2.24, 2.45) is 0 Å². The highest BCUT2D eigenvalue weighted by Crippen LogP contribution is 2.44. The molecule has 0 aliphatic carbocycles. The average molecular weight is 225 g/mol. The van der Waals surface area contributed by atoms with Gasteiger partial charge >= 0.3 is 0 Å². The van der Waals surface area contributed by atoms with Gasteiger partial charge in [-0.05, 0) is 24.1 Å². The minimum atomic E-state index is 0.180. The Balaban J connectivity index is 1.94. The van der Waals surface area contributed by atoms with E-state index in [9.17, 15) is 0 Å². The van der Waals surface area contributed by atoms with E-state index in [-0.39, 0.29) is 11.5 Å². The van der Waals surface area contributed by atoms with Crippen LogP contribution in [0.1, 0.15) is 16.5 Å². The summed E-state index contributed by atoms with van der Waals surface area (Å²) in [6.45, 7) is 3.35. The van der Waals surface area contributed by atoms with Gasteiger partial charge in [0.15, 0.2) is 0 Å². The summed E-state index contributed by atoms with van der Waals surface area (Å²) in [5.41, 5.74) is 1.64. The maximum Gasteiger partial charge on any atom is 0.104 e. The maximum atomic E-state index is 5.93. The second-order valence-corrected chi connectivity index (χ2v) is 5.28. The van der Waals surface area contributed by atoms with Crippen molar-refractivity contribution < 1.29 is 9.47 Å². The summed E-state index contributed by atoms with van der Waals surface area (Å²) in [6, 6.07) is 2.24. The average Bonchev–Trinajstić information content (AvgIpc) is 2.65. The van der Waals surface area contributed by atoms with Crippen LogP contribution in [-0.2, 0) is 14.9 Å². The molecular formula is C11H15NO2S. The number of thiophene rings is 1. The van der Waals surface area contributed by atoms with Crippen molar-refractivity contribution in [1.82, 2.24) is 5.32 Å². The Morgan fingerprint density at radius 2 is 2.40 bits per heavy atom. The van der Waals surface area contributed by atoms with Gasteiger partial charge < -0.3 is 14.8 Å². The van der Waals surface area contributed by atoms with E-state index in [0.29, 0.717) is 0 Å². The predicted molar refractivity (Wildman–Crippen MR) is 59.4 cm³/mol. The van der Waals surface area contributed by atoms with Crippen LogP contribution >= 0.6 is 11.3 Å². The van der Waals surface area contributed by atoms with E-state index < -0.39 is 0 Å². The van der Waals surface area contributed by atoms with Gasteiger partial charge in [0, 0.05) is 11.4 Å². The first-order chi connectivity index (χ1) is 7.36. The Kier molecular flexibility index (Phi) is 2.32.